The summed E-state index contributed by atoms with van der Waals surface area (Å²) >= 11 is 0. The van der Waals surface area contributed by atoms with Crippen molar-refractivity contribution in [3.63, 3.8) is 0 Å². The maximum absolute atomic E-state index is 13.4. The highest BCUT2D eigenvalue weighted by molar-refractivity contribution is 6.31. The predicted molar refractivity (Wildman–Crippen MR) is 143 cm³/mol. The van der Waals surface area contributed by atoms with Gasteiger partial charge in [0.05, 0.1) is 40.5 Å². The first kappa shape index (κ1) is 21.2. The summed E-state index contributed by atoms with van der Waals surface area (Å²) in [6, 6.07) is 14.4. The van der Waals surface area contributed by atoms with Crippen LogP contribution >= 0.6 is 0 Å². The predicted octanol–water partition coefficient (Wildman–Crippen LogP) is 4.85. The van der Waals surface area contributed by atoms with Crippen molar-refractivity contribution in [1.29, 1.82) is 0 Å². The standard InChI is InChI=1S/C29H26N4O4/c1-29-27(36-4)18(30-2)12-21(37-29)32-19-8-6-5-7-15(19)23-24-17(13-31-28(24)34)22-16-10-9-14(35-3)11-20(16)33(29)26(22)25(23)32/h5-11,21,27H,12-13H2,1-4H3,(H,31,34). The highest BCUT2D eigenvalue weighted by Crippen LogP contribution is 2.53. The number of hydrogen-bond acceptors (Lipinski definition) is 5. The van der Waals surface area contributed by atoms with E-state index in [1.54, 1.807) is 14.2 Å². The smallest absolute Gasteiger partial charge is 0.252 e. The van der Waals surface area contributed by atoms with Crippen molar-refractivity contribution in [2.45, 2.75) is 37.9 Å². The van der Waals surface area contributed by atoms with E-state index in [-0.39, 0.29) is 12.1 Å². The molecule has 37 heavy (non-hydrogen) atoms. The quantitative estimate of drug-likeness (QED) is 0.381. The number of ether oxygens (including phenoxy) is 3. The second kappa shape index (κ2) is 6.90. The molecule has 8 rings (SSSR count). The fourth-order valence-corrected chi connectivity index (χ4v) is 7.25. The van der Waals surface area contributed by atoms with Crippen LogP contribution in [0.3, 0.4) is 0 Å². The Bertz CT molecular complexity index is 1880. The Morgan fingerprint density at radius 1 is 1.08 bits per heavy atom. The monoisotopic (exact) mass is 494 g/mol. The first-order valence-electron chi connectivity index (χ1n) is 12.6. The van der Waals surface area contributed by atoms with E-state index in [2.05, 4.69) is 45.6 Å². The lowest BCUT2D eigenvalue weighted by Crippen LogP contribution is -2.54. The molecule has 1 saturated heterocycles. The molecule has 8 nitrogen and oxygen atoms in total. The maximum Gasteiger partial charge on any atom is 0.252 e. The number of para-hydroxylation sites is 1. The summed E-state index contributed by atoms with van der Waals surface area (Å²) in [7, 11) is 5.22. The highest BCUT2D eigenvalue weighted by atomic mass is 16.6. The van der Waals surface area contributed by atoms with E-state index in [0.29, 0.717) is 13.0 Å². The van der Waals surface area contributed by atoms with Gasteiger partial charge < -0.3 is 28.7 Å². The number of methoxy groups -OCH3 is 2. The molecule has 3 aliphatic heterocycles. The minimum absolute atomic E-state index is 0.0286. The molecule has 186 valence electrons. The van der Waals surface area contributed by atoms with Crippen LogP contribution in [0.4, 0.5) is 0 Å². The van der Waals surface area contributed by atoms with Crippen LogP contribution < -0.4 is 10.1 Å². The molecular weight excluding hydrogens is 468 g/mol. The van der Waals surface area contributed by atoms with Gasteiger partial charge >= 0.3 is 0 Å². The number of nitrogens with one attached hydrogen (secondary N) is 1. The van der Waals surface area contributed by atoms with Crippen molar-refractivity contribution in [2.75, 3.05) is 21.3 Å². The molecule has 5 aromatic rings. The summed E-state index contributed by atoms with van der Waals surface area (Å²) in [4.78, 5) is 18.1. The number of amides is 1. The minimum Gasteiger partial charge on any atom is -0.497 e. The zero-order chi connectivity index (χ0) is 25.2. The normalized spacial score (nSPS) is 25.5. The third-order valence-corrected chi connectivity index (χ3v) is 8.62. The molecule has 3 atom stereocenters. The van der Waals surface area contributed by atoms with E-state index in [4.69, 9.17) is 19.2 Å². The van der Waals surface area contributed by atoms with E-state index in [0.717, 1.165) is 66.2 Å². The Kier molecular flexibility index (Phi) is 3.96. The van der Waals surface area contributed by atoms with Gasteiger partial charge in [0.2, 0.25) is 0 Å². The van der Waals surface area contributed by atoms with E-state index in [1.165, 1.54) is 0 Å². The van der Waals surface area contributed by atoms with Crippen molar-refractivity contribution in [2.24, 2.45) is 4.99 Å². The molecule has 2 aromatic heterocycles. The molecule has 3 unspecified atom stereocenters. The zero-order valence-electron chi connectivity index (χ0n) is 21.1. The van der Waals surface area contributed by atoms with Gasteiger partial charge in [-0.2, -0.15) is 0 Å². The van der Waals surface area contributed by atoms with Crippen LogP contribution in [0, 0.1) is 0 Å². The molecule has 1 fully saturated rings. The first-order chi connectivity index (χ1) is 18.0. The van der Waals surface area contributed by atoms with Crippen LogP contribution in [-0.4, -0.2) is 48.1 Å². The van der Waals surface area contributed by atoms with Crippen LogP contribution in [-0.2, 0) is 21.7 Å². The van der Waals surface area contributed by atoms with Crippen molar-refractivity contribution in [3.8, 4) is 5.75 Å². The largest absolute Gasteiger partial charge is 0.497 e. The average Bonchev–Trinajstić information content (AvgIpc) is 3.55. The number of rotatable bonds is 2. The van der Waals surface area contributed by atoms with Crippen LogP contribution in [0.15, 0.2) is 47.5 Å². The number of benzene rings is 3. The molecule has 5 heterocycles. The SMILES string of the molecule is CN=C1CC2OC(C)(C1OC)n1c3cc(OC)ccc3c3c4c(c5c6ccccc6n2c5c31)C(=O)NC4. The number of fused-ring (bicyclic) bond motifs is 13. The van der Waals surface area contributed by atoms with Crippen LogP contribution in [0.5, 0.6) is 5.75 Å². The molecule has 3 aromatic carbocycles. The molecule has 8 heteroatoms. The van der Waals surface area contributed by atoms with Gasteiger partial charge in [-0.15, -0.1) is 0 Å². The second-order valence-corrected chi connectivity index (χ2v) is 10.3. The molecule has 0 radical (unpaired) electrons. The van der Waals surface area contributed by atoms with Gasteiger partial charge in [-0.05, 0) is 30.7 Å². The number of carbonyl (C=O) groups excluding carboxylic acids is 1. The fourth-order valence-electron chi connectivity index (χ4n) is 7.25. The van der Waals surface area contributed by atoms with Gasteiger partial charge in [0.1, 0.15) is 18.1 Å². The van der Waals surface area contributed by atoms with Crippen molar-refractivity contribution >= 4 is 55.2 Å². The lowest BCUT2D eigenvalue weighted by Gasteiger charge is -2.45. The Morgan fingerprint density at radius 3 is 2.68 bits per heavy atom. The highest BCUT2D eigenvalue weighted by Gasteiger charge is 2.52. The van der Waals surface area contributed by atoms with Gasteiger partial charge in [0.15, 0.2) is 5.72 Å². The lowest BCUT2D eigenvalue weighted by atomic mass is 9.95. The number of carbonyl (C=O) groups is 1. The topological polar surface area (TPSA) is 79.0 Å². The van der Waals surface area contributed by atoms with Gasteiger partial charge in [-0.25, -0.2) is 0 Å². The lowest BCUT2D eigenvalue weighted by molar-refractivity contribution is -0.210. The van der Waals surface area contributed by atoms with E-state index < -0.39 is 11.8 Å². The Balaban J connectivity index is 1.73. The Labute approximate surface area is 212 Å². The summed E-state index contributed by atoms with van der Waals surface area (Å²) in [5.41, 5.74) is 5.94. The number of aliphatic imine (C=N–C) groups is 1. The van der Waals surface area contributed by atoms with Crippen LogP contribution in [0.2, 0.25) is 0 Å². The van der Waals surface area contributed by atoms with Crippen LogP contribution in [0.25, 0.3) is 43.6 Å². The summed E-state index contributed by atoms with van der Waals surface area (Å²) in [6.07, 6.45) is -0.114. The third kappa shape index (κ3) is 2.32. The van der Waals surface area contributed by atoms with E-state index in [9.17, 15) is 4.79 Å². The second-order valence-electron chi connectivity index (χ2n) is 10.3. The maximum atomic E-state index is 13.4. The third-order valence-electron chi connectivity index (χ3n) is 8.62. The Hall–Kier alpha value is -3.88. The summed E-state index contributed by atoms with van der Waals surface area (Å²) < 4.78 is 23.4. The van der Waals surface area contributed by atoms with E-state index in [1.807, 2.05) is 25.2 Å². The summed E-state index contributed by atoms with van der Waals surface area (Å²) in [6.45, 7) is 2.58. The summed E-state index contributed by atoms with van der Waals surface area (Å²) in [5, 5.41) is 7.28. The molecule has 1 N–H and O–H groups in total. The number of nitrogens with zero attached hydrogens (tertiary/aromatic N) is 3. The average molecular weight is 495 g/mol. The number of hydrogen-bond donors (Lipinski definition) is 1. The van der Waals surface area contributed by atoms with Gasteiger partial charge in [0.25, 0.3) is 5.91 Å². The summed E-state index contributed by atoms with van der Waals surface area (Å²) in [5.74, 6) is 0.729. The number of aromatic nitrogens is 2. The van der Waals surface area contributed by atoms with Gasteiger partial charge in [0, 0.05) is 54.7 Å². The molecule has 2 bridgehead atoms. The van der Waals surface area contributed by atoms with Crippen molar-refractivity contribution in [1.82, 2.24) is 14.5 Å². The molecule has 0 aliphatic carbocycles. The molecule has 3 aliphatic rings. The zero-order valence-corrected chi connectivity index (χ0v) is 21.1. The van der Waals surface area contributed by atoms with Crippen molar-refractivity contribution in [3.05, 3.63) is 53.6 Å². The minimum atomic E-state index is -0.893. The molecular formula is C29H26N4O4. The van der Waals surface area contributed by atoms with Crippen molar-refractivity contribution < 1.29 is 19.0 Å². The van der Waals surface area contributed by atoms with Gasteiger partial charge in [-0.3, -0.25) is 9.79 Å². The van der Waals surface area contributed by atoms with Gasteiger partial charge in [-0.1, -0.05) is 18.2 Å². The molecule has 0 saturated carbocycles. The van der Waals surface area contributed by atoms with Crippen LogP contribution in [0.1, 0.15) is 35.5 Å². The molecule has 0 spiro atoms. The van der Waals surface area contributed by atoms with E-state index >= 15 is 0 Å². The first-order valence-corrected chi connectivity index (χ1v) is 12.6. The molecule has 1 amide bonds. The Morgan fingerprint density at radius 2 is 1.89 bits per heavy atom. The fraction of sp³-hybridized carbons (Fsp3) is 0.310.